The zero-order valence-corrected chi connectivity index (χ0v) is 8.55. The van der Waals surface area contributed by atoms with Gasteiger partial charge in [-0.3, -0.25) is 0 Å². The highest BCUT2D eigenvalue weighted by Gasteiger charge is 2.17. The molecule has 4 heteroatoms. The second-order valence-corrected chi connectivity index (χ2v) is 3.53. The summed E-state index contributed by atoms with van der Waals surface area (Å²) in [5, 5.41) is 21.2. The summed E-state index contributed by atoms with van der Waals surface area (Å²) in [7, 11) is 1.68. The molecule has 0 bridgehead atoms. The summed E-state index contributed by atoms with van der Waals surface area (Å²) in [6.07, 6.45) is 2.04. The molecule has 0 spiro atoms. The van der Waals surface area contributed by atoms with Crippen molar-refractivity contribution in [3.63, 3.8) is 0 Å². The average Bonchev–Trinajstić information content (AvgIpc) is 2.11. The lowest BCUT2D eigenvalue weighted by Gasteiger charge is -2.20. The van der Waals surface area contributed by atoms with E-state index in [2.05, 4.69) is 5.32 Å². The van der Waals surface area contributed by atoms with Crippen LogP contribution in [0.25, 0.3) is 0 Å². The zero-order valence-electron chi connectivity index (χ0n) is 8.55. The molecule has 0 fully saturated rings. The molecule has 0 saturated carbocycles. The third-order valence-electron chi connectivity index (χ3n) is 1.80. The van der Waals surface area contributed by atoms with Crippen LogP contribution in [0.15, 0.2) is 0 Å². The molecule has 80 valence electrons. The lowest BCUT2D eigenvalue weighted by atomic mass is 10.1. The molecular formula is C9H21NO3. The molecule has 4 nitrogen and oxygen atoms in total. The van der Waals surface area contributed by atoms with E-state index in [0.29, 0.717) is 6.54 Å². The SMILES string of the molecule is COCCCCNCC(C)(O)CO. The van der Waals surface area contributed by atoms with Crippen molar-refractivity contribution in [2.24, 2.45) is 0 Å². The Labute approximate surface area is 79.9 Å². The van der Waals surface area contributed by atoms with Crippen LogP contribution in [-0.2, 0) is 4.74 Å². The van der Waals surface area contributed by atoms with Crippen LogP contribution in [0.2, 0.25) is 0 Å². The highest BCUT2D eigenvalue weighted by Crippen LogP contribution is 1.98. The summed E-state index contributed by atoms with van der Waals surface area (Å²) in [5.41, 5.74) is -0.999. The molecule has 0 aliphatic rings. The Morgan fingerprint density at radius 1 is 1.38 bits per heavy atom. The number of unbranched alkanes of at least 4 members (excludes halogenated alkanes) is 1. The Morgan fingerprint density at radius 3 is 2.62 bits per heavy atom. The van der Waals surface area contributed by atoms with Gasteiger partial charge in [0.05, 0.1) is 12.2 Å². The summed E-state index contributed by atoms with van der Waals surface area (Å²) in [4.78, 5) is 0. The smallest absolute Gasteiger partial charge is 0.0972 e. The highest BCUT2D eigenvalue weighted by molar-refractivity contribution is 4.73. The lowest BCUT2D eigenvalue weighted by Crippen LogP contribution is -2.41. The van der Waals surface area contributed by atoms with Gasteiger partial charge >= 0.3 is 0 Å². The third kappa shape index (κ3) is 8.18. The van der Waals surface area contributed by atoms with Crippen LogP contribution in [0.5, 0.6) is 0 Å². The van der Waals surface area contributed by atoms with E-state index in [1.165, 1.54) is 0 Å². The number of aliphatic hydroxyl groups excluding tert-OH is 1. The molecule has 0 aromatic carbocycles. The quantitative estimate of drug-likeness (QED) is 0.463. The standard InChI is InChI=1S/C9H21NO3/c1-9(12,8-11)7-10-5-3-4-6-13-2/h10-12H,3-8H2,1-2H3. The summed E-state index contributed by atoms with van der Waals surface area (Å²) in [6.45, 7) is 3.45. The number of rotatable bonds is 8. The number of methoxy groups -OCH3 is 1. The number of hydrogen-bond donors (Lipinski definition) is 3. The van der Waals surface area contributed by atoms with Gasteiger partial charge in [-0.1, -0.05) is 0 Å². The Balaban J connectivity index is 3.16. The van der Waals surface area contributed by atoms with Gasteiger partial charge in [0.2, 0.25) is 0 Å². The van der Waals surface area contributed by atoms with Crippen molar-refractivity contribution in [2.45, 2.75) is 25.4 Å². The van der Waals surface area contributed by atoms with E-state index in [1.807, 2.05) is 0 Å². The van der Waals surface area contributed by atoms with Crippen LogP contribution < -0.4 is 5.32 Å². The summed E-state index contributed by atoms with van der Waals surface area (Å²) in [5.74, 6) is 0. The first kappa shape index (κ1) is 12.8. The molecule has 0 aromatic rings. The zero-order chi connectivity index (χ0) is 10.2. The lowest BCUT2D eigenvalue weighted by molar-refractivity contribution is 0.00281. The van der Waals surface area contributed by atoms with Crippen molar-refractivity contribution < 1.29 is 14.9 Å². The number of hydrogen-bond acceptors (Lipinski definition) is 4. The van der Waals surface area contributed by atoms with Gasteiger partial charge in [-0.15, -0.1) is 0 Å². The molecule has 0 radical (unpaired) electrons. The fourth-order valence-corrected chi connectivity index (χ4v) is 0.910. The van der Waals surface area contributed by atoms with Gasteiger partial charge in [0.15, 0.2) is 0 Å². The maximum atomic E-state index is 9.39. The Bertz CT molecular complexity index is 117. The van der Waals surface area contributed by atoms with Gasteiger partial charge in [-0.05, 0) is 26.3 Å². The fourth-order valence-electron chi connectivity index (χ4n) is 0.910. The first-order valence-corrected chi connectivity index (χ1v) is 4.65. The number of ether oxygens (including phenoxy) is 1. The van der Waals surface area contributed by atoms with E-state index in [1.54, 1.807) is 14.0 Å². The molecule has 0 aliphatic carbocycles. The van der Waals surface area contributed by atoms with Crippen LogP contribution in [-0.4, -0.2) is 49.2 Å². The molecule has 0 aliphatic heterocycles. The molecule has 3 N–H and O–H groups in total. The maximum Gasteiger partial charge on any atom is 0.0972 e. The van der Waals surface area contributed by atoms with Gasteiger partial charge in [-0.25, -0.2) is 0 Å². The van der Waals surface area contributed by atoms with Crippen molar-refractivity contribution >= 4 is 0 Å². The van der Waals surface area contributed by atoms with E-state index in [0.717, 1.165) is 26.0 Å². The Hall–Kier alpha value is -0.160. The average molecular weight is 191 g/mol. The van der Waals surface area contributed by atoms with Gasteiger partial charge in [0.1, 0.15) is 0 Å². The van der Waals surface area contributed by atoms with Crippen LogP contribution in [0, 0.1) is 0 Å². The van der Waals surface area contributed by atoms with Crippen molar-refractivity contribution in [3.8, 4) is 0 Å². The number of nitrogens with one attached hydrogen (secondary N) is 1. The molecule has 0 rings (SSSR count). The van der Waals surface area contributed by atoms with Crippen molar-refractivity contribution in [1.82, 2.24) is 5.32 Å². The van der Waals surface area contributed by atoms with Crippen molar-refractivity contribution in [2.75, 3.05) is 33.4 Å². The minimum atomic E-state index is -0.999. The first-order valence-electron chi connectivity index (χ1n) is 4.65. The first-order chi connectivity index (χ1) is 6.12. The predicted molar refractivity (Wildman–Crippen MR) is 51.7 cm³/mol. The normalized spacial score (nSPS) is 15.7. The minimum Gasteiger partial charge on any atom is -0.393 e. The van der Waals surface area contributed by atoms with Crippen LogP contribution in [0.4, 0.5) is 0 Å². The summed E-state index contributed by atoms with van der Waals surface area (Å²) >= 11 is 0. The minimum absolute atomic E-state index is 0.210. The van der Waals surface area contributed by atoms with Gasteiger partial charge in [-0.2, -0.15) is 0 Å². The van der Waals surface area contributed by atoms with E-state index >= 15 is 0 Å². The van der Waals surface area contributed by atoms with E-state index < -0.39 is 5.60 Å². The monoisotopic (exact) mass is 191 g/mol. The molecule has 0 heterocycles. The van der Waals surface area contributed by atoms with Gasteiger partial charge in [0, 0.05) is 20.3 Å². The fraction of sp³-hybridized carbons (Fsp3) is 1.00. The molecule has 1 unspecified atom stereocenters. The summed E-state index contributed by atoms with van der Waals surface area (Å²) in [6, 6.07) is 0. The highest BCUT2D eigenvalue weighted by atomic mass is 16.5. The number of aliphatic hydroxyl groups is 2. The Kier molecular flexibility index (Phi) is 7.17. The second kappa shape index (κ2) is 7.26. The van der Waals surface area contributed by atoms with Gasteiger partial charge in [0.25, 0.3) is 0 Å². The molecule has 0 amide bonds. The predicted octanol–water partition coefficient (Wildman–Crippen LogP) is -0.254. The van der Waals surface area contributed by atoms with Gasteiger partial charge < -0.3 is 20.3 Å². The largest absolute Gasteiger partial charge is 0.393 e. The molecule has 0 aromatic heterocycles. The van der Waals surface area contributed by atoms with Crippen molar-refractivity contribution in [3.05, 3.63) is 0 Å². The summed E-state index contributed by atoms with van der Waals surface area (Å²) < 4.78 is 4.89. The second-order valence-electron chi connectivity index (χ2n) is 3.53. The maximum absolute atomic E-state index is 9.39. The van der Waals surface area contributed by atoms with Crippen molar-refractivity contribution in [1.29, 1.82) is 0 Å². The molecule has 13 heavy (non-hydrogen) atoms. The van der Waals surface area contributed by atoms with E-state index in [9.17, 15) is 5.11 Å². The molecular weight excluding hydrogens is 170 g/mol. The molecule has 0 saturated heterocycles. The van der Waals surface area contributed by atoms with Crippen LogP contribution in [0.1, 0.15) is 19.8 Å². The molecule has 1 atom stereocenters. The Morgan fingerprint density at radius 2 is 2.08 bits per heavy atom. The van der Waals surface area contributed by atoms with Crippen LogP contribution >= 0.6 is 0 Å². The van der Waals surface area contributed by atoms with E-state index in [4.69, 9.17) is 9.84 Å². The van der Waals surface area contributed by atoms with Crippen LogP contribution in [0.3, 0.4) is 0 Å². The topological polar surface area (TPSA) is 61.7 Å². The third-order valence-corrected chi connectivity index (χ3v) is 1.80. The van der Waals surface area contributed by atoms with E-state index in [-0.39, 0.29) is 6.61 Å².